The van der Waals surface area contributed by atoms with Crippen molar-refractivity contribution in [2.45, 2.75) is 32.4 Å². The minimum Gasteiger partial charge on any atom is -0.462 e. The van der Waals surface area contributed by atoms with Crippen LogP contribution in [-0.4, -0.2) is 54.8 Å². The normalized spacial score (nSPS) is 12.9. The first-order valence-corrected chi connectivity index (χ1v) is 7.78. The van der Waals surface area contributed by atoms with Crippen LogP contribution in [0.3, 0.4) is 0 Å². The molecule has 0 aliphatic heterocycles. The molecule has 0 fully saturated rings. The Morgan fingerprint density at radius 2 is 1.53 bits per heavy atom. The molecule has 0 aromatic heterocycles. The van der Waals surface area contributed by atoms with Crippen LogP contribution >= 0.6 is 0 Å². The van der Waals surface area contributed by atoms with Gasteiger partial charge in [0.1, 0.15) is 12.7 Å². The maximum absolute atomic E-state index is 11.0. The minimum absolute atomic E-state index is 0.0105. The molecule has 0 saturated heterocycles. The van der Waals surface area contributed by atoms with E-state index in [1.807, 2.05) is 0 Å². The molecule has 0 aliphatic carbocycles. The van der Waals surface area contributed by atoms with E-state index < -0.39 is 26.8 Å². The molecule has 0 radical (unpaired) electrons. The smallest absolute Gasteiger partial charge is 0.462 e. The van der Waals surface area contributed by atoms with Crippen molar-refractivity contribution in [2.24, 2.45) is 0 Å². The van der Waals surface area contributed by atoms with Crippen molar-refractivity contribution in [1.82, 2.24) is 0 Å². The van der Waals surface area contributed by atoms with E-state index >= 15 is 0 Å². The van der Waals surface area contributed by atoms with Crippen LogP contribution in [0.1, 0.15) is 20.3 Å². The van der Waals surface area contributed by atoms with E-state index in [4.69, 9.17) is 22.8 Å². The predicted molar refractivity (Wildman–Crippen MR) is 68.4 cm³/mol. The lowest BCUT2D eigenvalue weighted by molar-refractivity contribution is -0.156. The van der Waals surface area contributed by atoms with Gasteiger partial charge in [-0.3, -0.25) is 9.59 Å². The molecule has 0 aromatic carbocycles. The molecule has 7 nitrogen and oxygen atoms in total. The molecule has 0 aliphatic rings. The molecule has 0 N–H and O–H groups in total. The molecular formula is C11H22O7Si. The molecule has 0 saturated carbocycles. The summed E-state index contributed by atoms with van der Waals surface area (Å²) in [5.41, 5.74) is 0. The Morgan fingerprint density at radius 1 is 1.00 bits per heavy atom. The molecule has 1 atom stereocenters. The van der Waals surface area contributed by atoms with Gasteiger partial charge in [0.15, 0.2) is 0 Å². The Kier molecular flexibility index (Phi) is 8.57. The molecule has 1 unspecified atom stereocenters. The molecule has 19 heavy (non-hydrogen) atoms. The molecule has 0 aromatic rings. The van der Waals surface area contributed by atoms with Crippen LogP contribution in [0.25, 0.3) is 0 Å². The summed E-state index contributed by atoms with van der Waals surface area (Å²) in [4.78, 5) is 21.8. The van der Waals surface area contributed by atoms with Crippen molar-refractivity contribution < 1.29 is 32.3 Å². The van der Waals surface area contributed by atoms with E-state index in [1.165, 1.54) is 35.2 Å². The van der Waals surface area contributed by atoms with E-state index in [2.05, 4.69) is 0 Å². The topological polar surface area (TPSA) is 80.3 Å². The monoisotopic (exact) mass is 294 g/mol. The van der Waals surface area contributed by atoms with Gasteiger partial charge in [-0.25, -0.2) is 0 Å². The lowest BCUT2D eigenvalue weighted by Crippen LogP contribution is -2.43. The van der Waals surface area contributed by atoms with Crippen molar-refractivity contribution in [1.29, 1.82) is 0 Å². The van der Waals surface area contributed by atoms with Gasteiger partial charge < -0.3 is 22.8 Å². The van der Waals surface area contributed by atoms with Crippen molar-refractivity contribution in [3.8, 4) is 0 Å². The fourth-order valence-corrected chi connectivity index (χ4v) is 3.30. The fourth-order valence-electron chi connectivity index (χ4n) is 1.52. The third-order valence-corrected chi connectivity index (χ3v) is 5.28. The zero-order valence-corrected chi connectivity index (χ0v) is 13.1. The highest BCUT2D eigenvalue weighted by Crippen LogP contribution is 2.18. The second kappa shape index (κ2) is 9.02. The summed E-state index contributed by atoms with van der Waals surface area (Å²) in [5, 5.41) is 0. The lowest BCUT2D eigenvalue weighted by Gasteiger charge is -2.26. The van der Waals surface area contributed by atoms with Gasteiger partial charge in [-0.1, -0.05) is 0 Å². The molecule has 0 heterocycles. The van der Waals surface area contributed by atoms with Crippen LogP contribution in [0.4, 0.5) is 0 Å². The molecule has 0 bridgehead atoms. The van der Waals surface area contributed by atoms with E-state index in [0.29, 0.717) is 12.5 Å². The van der Waals surface area contributed by atoms with Gasteiger partial charge in [0.05, 0.1) is 0 Å². The maximum Gasteiger partial charge on any atom is 0.500 e. The third kappa shape index (κ3) is 7.26. The zero-order valence-electron chi connectivity index (χ0n) is 12.1. The molecule has 0 spiro atoms. The predicted octanol–water partition coefficient (Wildman–Crippen LogP) is 0.749. The van der Waals surface area contributed by atoms with Crippen molar-refractivity contribution in [2.75, 3.05) is 27.9 Å². The summed E-state index contributed by atoms with van der Waals surface area (Å²) in [5.74, 6) is -0.859. The number of hydrogen-bond acceptors (Lipinski definition) is 7. The highest BCUT2D eigenvalue weighted by Gasteiger charge is 2.38. The second-order valence-corrected chi connectivity index (χ2v) is 6.96. The average molecular weight is 294 g/mol. The highest BCUT2D eigenvalue weighted by molar-refractivity contribution is 6.60. The SMILES string of the molecule is CO[Si](CCC(COC(C)=O)OC(C)=O)(OC)OC. The fraction of sp³-hybridized carbons (Fsp3) is 0.818. The second-order valence-electron chi connectivity index (χ2n) is 3.87. The van der Waals surface area contributed by atoms with Crippen molar-refractivity contribution in [3.63, 3.8) is 0 Å². The first-order valence-electron chi connectivity index (χ1n) is 5.85. The first-order chi connectivity index (χ1) is 8.89. The minimum atomic E-state index is -2.72. The van der Waals surface area contributed by atoms with Crippen molar-refractivity contribution >= 4 is 20.7 Å². The third-order valence-electron chi connectivity index (χ3n) is 2.51. The average Bonchev–Trinajstić information content (AvgIpc) is 2.37. The quantitative estimate of drug-likeness (QED) is 0.458. The molecule has 0 rings (SSSR count). The Labute approximate surface area is 114 Å². The van der Waals surface area contributed by atoms with Crippen LogP contribution in [0, 0.1) is 0 Å². The van der Waals surface area contributed by atoms with E-state index in [0.717, 1.165) is 0 Å². The highest BCUT2D eigenvalue weighted by atomic mass is 28.4. The van der Waals surface area contributed by atoms with Crippen LogP contribution in [0.15, 0.2) is 0 Å². The summed E-state index contributed by atoms with van der Waals surface area (Å²) in [6.07, 6.45) is -0.108. The number of ether oxygens (including phenoxy) is 2. The summed E-state index contributed by atoms with van der Waals surface area (Å²) in [6.45, 7) is 2.61. The first kappa shape index (κ1) is 18.0. The maximum atomic E-state index is 11.0. The van der Waals surface area contributed by atoms with E-state index in [-0.39, 0.29) is 6.61 Å². The van der Waals surface area contributed by atoms with Crippen LogP contribution < -0.4 is 0 Å². The van der Waals surface area contributed by atoms with Gasteiger partial charge in [0, 0.05) is 41.2 Å². The number of carbonyl (C=O) groups is 2. The Balaban J connectivity index is 4.45. The Bertz CT molecular complexity index is 283. The lowest BCUT2D eigenvalue weighted by atomic mass is 10.3. The molecule has 8 heteroatoms. The summed E-state index contributed by atoms with van der Waals surface area (Å²) in [7, 11) is 1.80. The number of hydrogen-bond donors (Lipinski definition) is 0. The van der Waals surface area contributed by atoms with Crippen LogP contribution in [0.2, 0.25) is 6.04 Å². The van der Waals surface area contributed by atoms with Gasteiger partial charge in [-0.2, -0.15) is 0 Å². The molecule has 112 valence electrons. The zero-order chi connectivity index (χ0) is 14.9. The summed E-state index contributed by atoms with van der Waals surface area (Å²) < 4.78 is 25.7. The number of rotatable bonds is 9. The molecule has 0 amide bonds. The van der Waals surface area contributed by atoms with Crippen LogP contribution in [-0.2, 0) is 32.3 Å². The summed E-state index contributed by atoms with van der Waals surface area (Å²) >= 11 is 0. The Hall–Kier alpha value is -0.963. The van der Waals surface area contributed by atoms with Crippen LogP contribution in [0.5, 0.6) is 0 Å². The van der Waals surface area contributed by atoms with Gasteiger partial charge in [0.25, 0.3) is 0 Å². The number of carbonyl (C=O) groups excluding carboxylic acids is 2. The molecular weight excluding hydrogens is 272 g/mol. The van der Waals surface area contributed by atoms with Gasteiger partial charge in [-0.15, -0.1) is 0 Å². The summed E-state index contributed by atoms with van der Waals surface area (Å²) in [6, 6.07) is 0.454. The standard InChI is InChI=1S/C11H22O7Si/c1-9(12)17-8-11(18-10(2)13)6-7-19(14-3,15-4)16-5/h11H,6-8H2,1-5H3. The van der Waals surface area contributed by atoms with Gasteiger partial charge >= 0.3 is 20.7 Å². The van der Waals surface area contributed by atoms with Crippen molar-refractivity contribution in [3.05, 3.63) is 0 Å². The van der Waals surface area contributed by atoms with Gasteiger partial charge in [0.2, 0.25) is 0 Å². The van der Waals surface area contributed by atoms with E-state index in [9.17, 15) is 9.59 Å². The Morgan fingerprint density at radius 3 is 1.89 bits per heavy atom. The largest absolute Gasteiger partial charge is 0.500 e. The van der Waals surface area contributed by atoms with E-state index in [1.54, 1.807) is 0 Å². The van der Waals surface area contributed by atoms with Gasteiger partial charge in [-0.05, 0) is 6.42 Å². The number of esters is 2.